The minimum atomic E-state index is 0.139. The Morgan fingerprint density at radius 2 is 1.35 bits per heavy atom. The number of benzene rings is 3. The van der Waals surface area contributed by atoms with Gasteiger partial charge in [0.2, 0.25) is 0 Å². The smallest absolute Gasteiger partial charge is 0.0295 e. The molecule has 1 heteroatoms. The molecule has 0 N–H and O–H groups in total. The van der Waals surface area contributed by atoms with Crippen LogP contribution in [-0.4, -0.2) is 0 Å². The summed E-state index contributed by atoms with van der Waals surface area (Å²) >= 11 is 3.59. The van der Waals surface area contributed by atoms with Crippen molar-refractivity contribution >= 4 is 15.9 Å². The molecule has 0 saturated carbocycles. The number of hydrogen-bond acceptors (Lipinski definition) is 0. The molecule has 0 bridgehead atoms. The molecule has 0 fully saturated rings. The molecule has 112 valence electrons. The second kappa shape index (κ2) is 4.82. The maximum absolute atomic E-state index is 3.59. The van der Waals surface area contributed by atoms with E-state index in [0.29, 0.717) is 0 Å². The molecule has 23 heavy (non-hydrogen) atoms. The number of rotatable bonds is 1. The second-order valence-electron chi connectivity index (χ2n) is 6.76. The van der Waals surface area contributed by atoms with Gasteiger partial charge in [0.05, 0.1) is 0 Å². The van der Waals surface area contributed by atoms with Gasteiger partial charge in [-0.05, 0) is 51.8 Å². The summed E-state index contributed by atoms with van der Waals surface area (Å²) in [4.78, 5) is 0. The van der Waals surface area contributed by atoms with Crippen molar-refractivity contribution in [3.63, 3.8) is 0 Å². The van der Waals surface area contributed by atoms with Crippen LogP contribution in [0.25, 0.3) is 11.1 Å². The fourth-order valence-electron chi connectivity index (χ4n) is 4.61. The molecule has 0 radical (unpaired) electrons. The highest BCUT2D eigenvalue weighted by molar-refractivity contribution is 9.08. The lowest BCUT2D eigenvalue weighted by atomic mass is 9.76. The lowest BCUT2D eigenvalue weighted by Gasteiger charge is -2.26. The molecule has 0 heterocycles. The zero-order valence-electron chi connectivity index (χ0n) is 12.9. The SMILES string of the molecule is BrCc1ccc2c(c1)CC1(C2)c2ccccc2-c2ccccc21. The first-order valence-electron chi connectivity index (χ1n) is 8.18. The molecule has 0 atom stereocenters. The van der Waals surface area contributed by atoms with Crippen LogP contribution < -0.4 is 0 Å². The number of hydrogen-bond donors (Lipinski definition) is 0. The van der Waals surface area contributed by atoms with Gasteiger partial charge in [0.1, 0.15) is 0 Å². The van der Waals surface area contributed by atoms with Gasteiger partial charge in [0, 0.05) is 10.7 Å². The largest absolute Gasteiger partial charge is 0.0876 e. The minimum Gasteiger partial charge on any atom is -0.0876 e. The summed E-state index contributed by atoms with van der Waals surface area (Å²) in [6.45, 7) is 0. The van der Waals surface area contributed by atoms with E-state index in [0.717, 1.165) is 18.2 Å². The van der Waals surface area contributed by atoms with E-state index in [-0.39, 0.29) is 5.41 Å². The molecule has 3 aromatic carbocycles. The molecular formula is C22H17Br. The summed E-state index contributed by atoms with van der Waals surface area (Å²) in [5.74, 6) is 0. The Morgan fingerprint density at radius 1 is 0.739 bits per heavy atom. The normalized spacial score (nSPS) is 16.2. The molecule has 0 aromatic heterocycles. The monoisotopic (exact) mass is 360 g/mol. The van der Waals surface area contributed by atoms with E-state index in [1.54, 1.807) is 0 Å². The zero-order valence-corrected chi connectivity index (χ0v) is 14.4. The highest BCUT2D eigenvalue weighted by atomic mass is 79.9. The van der Waals surface area contributed by atoms with Crippen LogP contribution in [0.3, 0.4) is 0 Å². The zero-order chi connectivity index (χ0) is 15.4. The molecule has 0 aliphatic heterocycles. The second-order valence-corrected chi connectivity index (χ2v) is 7.32. The average Bonchev–Trinajstić information content (AvgIpc) is 3.12. The van der Waals surface area contributed by atoms with E-state index in [1.807, 2.05) is 0 Å². The third-order valence-electron chi connectivity index (χ3n) is 5.58. The Labute approximate surface area is 145 Å². The van der Waals surface area contributed by atoms with E-state index >= 15 is 0 Å². The van der Waals surface area contributed by atoms with E-state index in [9.17, 15) is 0 Å². The van der Waals surface area contributed by atoms with Crippen LogP contribution in [0.1, 0.15) is 27.8 Å². The average molecular weight is 361 g/mol. The first kappa shape index (κ1) is 13.6. The Hall–Kier alpha value is -1.86. The van der Waals surface area contributed by atoms with Crippen molar-refractivity contribution < 1.29 is 0 Å². The van der Waals surface area contributed by atoms with Crippen LogP contribution in [-0.2, 0) is 23.6 Å². The third-order valence-corrected chi connectivity index (χ3v) is 6.23. The van der Waals surface area contributed by atoms with E-state index in [4.69, 9.17) is 0 Å². The van der Waals surface area contributed by atoms with Crippen LogP contribution in [0.5, 0.6) is 0 Å². The lowest BCUT2D eigenvalue weighted by Crippen LogP contribution is -2.25. The first-order valence-corrected chi connectivity index (χ1v) is 9.30. The maximum atomic E-state index is 3.59. The summed E-state index contributed by atoms with van der Waals surface area (Å²) in [7, 11) is 0. The van der Waals surface area contributed by atoms with Crippen LogP contribution >= 0.6 is 15.9 Å². The first-order chi connectivity index (χ1) is 11.3. The van der Waals surface area contributed by atoms with Crippen LogP contribution in [0.4, 0.5) is 0 Å². The van der Waals surface area contributed by atoms with Gasteiger partial charge in [-0.25, -0.2) is 0 Å². The molecule has 1 spiro atoms. The van der Waals surface area contributed by atoms with Crippen molar-refractivity contribution in [2.75, 3.05) is 0 Å². The molecule has 0 amide bonds. The number of halogens is 1. The fourth-order valence-corrected chi connectivity index (χ4v) is 4.96. The predicted molar refractivity (Wildman–Crippen MR) is 99.1 cm³/mol. The van der Waals surface area contributed by atoms with Gasteiger partial charge in [0.15, 0.2) is 0 Å². The van der Waals surface area contributed by atoms with Crippen LogP contribution in [0.2, 0.25) is 0 Å². The summed E-state index contributed by atoms with van der Waals surface area (Å²) < 4.78 is 0. The van der Waals surface area contributed by atoms with Gasteiger partial charge in [-0.2, -0.15) is 0 Å². The Bertz CT molecular complexity index is 877. The van der Waals surface area contributed by atoms with Gasteiger partial charge in [-0.15, -0.1) is 0 Å². The lowest BCUT2D eigenvalue weighted by molar-refractivity contribution is 0.563. The molecule has 0 saturated heterocycles. The predicted octanol–water partition coefficient (Wildman–Crippen LogP) is 5.65. The highest BCUT2D eigenvalue weighted by Crippen LogP contribution is 2.55. The van der Waals surface area contributed by atoms with E-state index in [2.05, 4.69) is 82.7 Å². The van der Waals surface area contributed by atoms with Crippen molar-refractivity contribution in [2.45, 2.75) is 23.6 Å². The topological polar surface area (TPSA) is 0 Å². The summed E-state index contributed by atoms with van der Waals surface area (Å²) in [6, 6.07) is 25.0. The Kier molecular flexibility index (Phi) is 2.84. The van der Waals surface area contributed by atoms with Crippen LogP contribution in [0.15, 0.2) is 66.7 Å². The Balaban J connectivity index is 1.75. The molecule has 2 aliphatic rings. The molecule has 0 nitrogen and oxygen atoms in total. The van der Waals surface area contributed by atoms with E-state index in [1.165, 1.54) is 38.9 Å². The molecule has 0 unspecified atom stereocenters. The standard InChI is InChI=1S/C22H17Br/c23-14-15-9-10-16-12-22(13-17(16)11-15)20-7-3-1-5-18(20)19-6-2-4-8-21(19)22/h1-11H,12-14H2. The highest BCUT2D eigenvalue weighted by Gasteiger charge is 2.46. The van der Waals surface area contributed by atoms with Crippen molar-refractivity contribution in [3.8, 4) is 11.1 Å². The van der Waals surface area contributed by atoms with Gasteiger partial charge < -0.3 is 0 Å². The fraction of sp³-hybridized carbons (Fsp3) is 0.182. The van der Waals surface area contributed by atoms with Gasteiger partial charge in [-0.1, -0.05) is 82.7 Å². The number of alkyl halides is 1. The summed E-state index contributed by atoms with van der Waals surface area (Å²) in [5, 5.41) is 0.931. The Morgan fingerprint density at radius 3 is 2.00 bits per heavy atom. The van der Waals surface area contributed by atoms with E-state index < -0.39 is 0 Å². The maximum Gasteiger partial charge on any atom is 0.0295 e. The molecule has 5 rings (SSSR count). The van der Waals surface area contributed by atoms with Crippen LogP contribution in [0, 0.1) is 0 Å². The molecule has 2 aliphatic carbocycles. The van der Waals surface area contributed by atoms with Crippen molar-refractivity contribution in [1.29, 1.82) is 0 Å². The van der Waals surface area contributed by atoms with Crippen molar-refractivity contribution in [1.82, 2.24) is 0 Å². The summed E-state index contributed by atoms with van der Waals surface area (Å²) in [5.41, 5.74) is 10.4. The third kappa shape index (κ3) is 1.77. The summed E-state index contributed by atoms with van der Waals surface area (Å²) in [6.07, 6.45) is 2.25. The molecular weight excluding hydrogens is 344 g/mol. The van der Waals surface area contributed by atoms with Crippen molar-refractivity contribution in [3.05, 3.63) is 94.5 Å². The quantitative estimate of drug-likeness (QED) is 0.492. The van der Waals surface area contributed by atoms with Crippen molar-refractivity contribution in [2.24, 2.45) is 0 Å². The molecule has 3 aromatic rings. The van der Waals surface area contributed by atoms with Gasteiger partial charge in [-0.3, -0.25) is 0 Å². The number of fused-ring (bicyclic) bond motifs is 6. The van der Waals surface area contributed by atoms with Gasteiger partial charge >= 0.3 is 0 Å². The van der Waals surface area contributed by atoms with Gasteiger partial charge in [0.25, 0.3) is 0 Å². The minimum absolute atomic E-state index is 0.139.